The molecule has 1 aromatic rings. The highest BCUT2D eigenvalue weighted by molar-refractivity contribution is 6.02. The van der Waals surface area contributed by atoms with E-state index in [1.165, 1.54) is 25.2 Å². The van der Waals surface area contributed by atoms with E-state index in [0.717, 1.165) is 31.9 Å². The van der Waals surface area contributed by atoms with Crippen molar-refractivity contribution < 1.29 is 31.4 Å². The monoisotopic (exact) mass is 538 g/mol. The molecule has 0 radical (unpaired) electrons. The maximum absolute atomic E-state index is 15.0. The van der Waals surface area contributed by atoms with E-state index >= 15 is 8.78 Å². The summed E-state index contributed by atoms with van der Waals surface area (Å²) < 4.78 is 82.8. The van der Waals surface area contributed by atoms with Gasteiger partial charge in [0.25, 0.3) is 5.92 Å². The summed E-state index contributed by atoms with van der Waals surface area (Å²) in [6.07, 6.45) is 4.30. The molecule has 0 aromatic heterocycles. The first-order valence-corrected chi connectivity index (χ1v) is 12.6. The quantitative estimate of drug-likeness (QED) is 0.170. The number of allylic oxidation sites excluding steroid dienone is 5. The Morgan fingerprint density at radius 3 is 2.29 bits per heavy atom. The maximum Gasteiger partial charge on any atom is 0.416 e. The van der Waals surface area contributed by atoms with Gasteiger partial charge >= 0.3 is 6.18 Å². The van der Waals surface area contributed by atoms with Gasteiger partial charge in [-0.25, -0.2) is 8.78 Å². The minimum Gasteiger partial charge on any atom is -0.493 e. The lowest BCUT2D eigenvalue weighted by atomic mass is 9.88. The number of benzene rings is 1. The Balaban J connectivity index is 2.32. The summed E-state index contributed by atoms with van der Waals surface area (Å²) in [6, 6.07) is 3.31. The number of rotatable bonds is 10. The van der Waals surface area contributed by atoms with Gasteiger partial charge in [0.1, 0.15) is 5.84 Å². The third kappa shape index (κ3) is 6.48. The Morgan fingerprint density at radius 1 is 1.13 bits per heavy atom. The summed E-state index contributed by atoms with van der Waals surface area (Å²) in [5.41, 5.74) is -0.178. The first-order valence-electron chi connectivity index (χ1n) is 12.6. The number of nitrogens with zero attached hydrogens (tertiary/aromatic N) is 2. The minimum absolute atomic E-state index is 0.0182. The van der Waals surface area contributed by atoms with E-state index in [2.05, 4.69) is 4.99 Å². The number of aliphatic imine (C=N–C) groups is 1. The molecule has 208 valence electrons. The van der Waals surface area contributed by atoms with Crippen LogP contribution in [0.3, 0.4) is 0 Å². The van der Waals surface area contributed by atoms with Crippen LogP contribution in [0.1, 0.15) is 64.0 Å². The molecule has 0 saturated heterocycles. The molecule has 4 nitrogen and oxygen atoms in total. The summed E-state index contributed by atoms with van der Waals surface area (Å²) >= 11 is 0. The van der Waals surface area contributed by atoms with Gasteiger partial charge in [-0.1, -0.05) is 19.1 Å². The Bertz CT molecular complexity index is 1170. The van der Waals surface area contributed by atoms with Crippen LogP contribution < -0.4 is 4.90 Å². The molecule has 38 heavy (non-hydrogen) atoms. The van der Waals surface area contributed by atoms with Crippen LogP contribution in [0.5, 0.6) is 0 Å². The molecule has 1 aromatic carbocycles. The van der Waals surface area contributed by atoms with Crippen LogP contribution in [0.15, 0.2) is 70.3 Å². The van der Waals surface area contributed by atoms with Crippen LogP contribution in [0.4, 0.5) is 27.6 Å². The highest BCUT2D eigenvalue weighted by Crippen LogP contribution is 2.50. The van der Waals surface area contributed by atoms with Crippen molar-refractivity contribution in [2.75, 3.05) is 25.7 Å². The van der Waals surface area contributed by atoms with Crippen molar-refractivity contribution >= 4 is 11.5 Å². The molecule has 2 aliphatic rings. The van der Waals surface area contributed by atoms with Gasteiger partial charge in [0.05, 0.1) is 37.7 Å². The summed E-state index contributed by atoms with van der Waals surface area (Å²) in [5, 5.41) is 0. The van der Waals surface area contributed by atoms with E-state index in [9.17, 15) is 13.2 Å². The third-order valence-electron chi connectivity index (χ3n) is 6.66. The SMILES string of the molecule is C\C=C/C=C(OC)\C(=C\[C@H](c1cc(C(F)(F)F)ccc1N1C(CC)=NCC(C)=C1C(C)(F)F)C1CC1)OC. The van der Waals surface area contributed by atoms with Gasteiger partial charge in [0.2, 0.25) is 0 Å². The molecule has 1 aliphatic heterocycles. The Morgan fingerprint density at radius 2 is 1.79 bits per heavy atom. The number of methoxy groups -OCH3 is 2. The second kappa shape index (κ2) is 11.7. The average Bonchev–Trinajstić information content (AvgIpc) is 3.69. The van der Waals surface area contributed by atoms with Gasteiger partial charge in [-0.3, -0.25) is 9.89 Å². The fraction of sp³-hybridized carbons (Fsp3) is 0.483. The average molecular weight is 539 g/mol. The van der Waals surface area contributed by atoms with Crippen molar-refractivity contribution in [3.05, 3.63) is 76.4 Å². The number of alkyl halides is 5. The van der Waals surface area contributed by atoms with E-state index in [1.54, 1.807) is 38.2 Å². The van der Waals surface area contributed by atoms with Gasteiger partial charge in [-0.2, -0.15) is 13.2 Å². The molecule has 1 fully saturated rings. The molecule has 1 saturated carbocycles. The number of hydrogen-bond donors (Lipinski definition) is 0. The molecule has 0 bridgehead atoms. The number of hydrogen-bond acceptors (Lipinski definition) is 4. The van der Waals surface area contributed by atoms with Crippen molar-refractivity contribution in [2.24, 2.45) is 10.9 Å². The van der Waals surface area contributed by atoms with Crippen LogP contribution in [0, 0.1) is 5.92 Å². The number of amidine groups is 1. The molecular weight excluding hydrogens is 503 g/mol. The maximum atomic E-state index is 15.0. The van der Waals surface area contributed by atoms with Crippen molar-refractivity contribution in [1.29, 1.82) is 0 Å². The standard InChI is InChI=1S/C29H35F5N2O2/c1-7-9-10-24(37-5)25(38-6)16-21(19-11-12-19)22-15-20(29(32,33)34)13-14-23(22)36-26(8-2)35-17-18(3)27(36)28(4,30)31/h7,9-10,13-16,19,21H,8,11-12,17H2,1-6H3/b9-7-,24-10+,25-16-/t21-/m0/s1. The highest BCUT2D eigenvalue weighted by Gasteiger charge is 2.42. The zero-order valence-corrected chi connectivity index (χ0v) is 22.6. The topological polar surface area (TPSA) is 34.1 Å². The lowest BCUT2D eigenvalue weighted by Gasteiger charge is -2.38. The molecule has 1 atom stereocenters. The fourth-order valence-corrected chi connectivity index (χ4v) is 4.76. The van der Waals surface area contributed by atoms with Crippen molar-refractivity contribution in [1.82, 2.24) is 0 Å². The summed E-state index contributed by atoms with van der Waals surface area (Å²) in [7, 11) is 2.94. The second-order valence-electron chi connectivity index (χ2n) is 9.57. The van der Waals surface area contributed by atoms with Gasteiger partial charge in [-0.05, 0) is 74.1 Å². The van der Waals surface area contributed by atoms with Crippen molar-refractivity contribution in [2.45, 2.75) is 65.0 Å². The smallest absolute Gasteiger partial charge is 0.416 e. The van der Waals surface area contributed by atoms with Crippen LogP contribution >= 0.6 is 0 Å². The fourth-order valence-electron chi connectivity index (χ4n) is 4.76. The molecule has 0 amide bonds. The number of ether oxygens (including phenoxy) is 2. The molecule has 1 aliphatic carbocycles. The summed E-state index contributed by atoms with van der Waals surface area (Å²) in [6.45, 7) is 6.13. The van der Waals surface area contributed by atoms with Crippen LogP contribution in [0.2, 0.25) is 0 Å². The van der Waals surface area contributed by atoms with Gasteiger partial charge in [0.15, 0.2) is 11.5 Å². The Hall–Kier alpha value is -3.10. The summed E-state index contributed by atoms with van der Waals surface area (Å²) in [4.78, 5) is 5.85. The first kappa shape index (κ1) is 29.5. The minimum atomic E-state index is -4.61. The van der Waals surface area contributed by atoms with E-state index in [-0.39, 0.29) is 29.4 Å². The van der Waals surface area contributed by atoms with E-state index in [0.29, 0.717) is 29.3 Å². The van der Waals surface area contributed by atoms with E-state index in [1.807, 2.05) is 6.92 Å². The van der Waals surface area contributed by atoms with Crippen molar-refractivity contribution in [3.63, 3.8) is 0 Å². The lowest BCUT2D eigenvalue weighted by Crippen LogP contribution is -2.41. The van der Waals surface area contributed by atoms with Gasteiger partial charge in [-0.15, -0.1) is 0 Å². The molecule has 0 unspecified atom stereocenters. The Kier molecular flexibility index (Phi) is 9.10. The van der Waals surface area contributed by atoms with Crippen LogP contribution in [0.25, 0.3) is 0 Å². The highest BCUT2D eigenvalue weighted by atomic mass is 19.4. The Labute approximate surface area is 221 Å². The normalized spacial score (nSPS) is 18.7. The van der Waals surface area contributed by atoms with Gasteiger partial charge < -0.3 is 9.47 Å². The largest absolute Gasteiger partial charge is 0.493 e. The molecule has 3 rings (SSSR count). The second-order valence-corrected chi connectivity index (χ2v) is 9.57. The molecular formula is C29H35F5N2O2. The number of anilines is 1. The number of halogens is 5. The molecule has 1 heterocycles. The predicted molar refractivity (Wildman–Crippen MR) is 140 cm³/mol. The van der Waals surface area contributed by atoms with Crippen molar-refractivity contribution in [3.8, 4) is 0 Å². The van der Waals surface area contributed by atoms with Crippen LogP contribution in [-0.4, -0.2) is 32.5 Å². The predicted octanol–water partition coefficient (Wildman–Crippen LogP) is 8.39. The first-order chi connectivity index (χ1) is 17.9. The zero-order valence-electron chi connectivity index (χ0n) is 22.6. The molecule has 0 N–H and O–H groups in total. The van der Waals surface area contributed by atoms with E-state index in [4.69, 9.17) is 9.47 Å². The van der Waals surface area contributed by atoms with Crippen LogP contribution in [-0.2, 0) is 15.7 Å². The molecule has 0 spiro atoms. The van der Waals surface area contributed by atoms with E-state index < -0.39 is 23.6 Å². The molecule has 9 heteroatoms. The lowest BCUT2D eigenvalue weighted by molar-refractivity contribution is -0.137. The summed E-state index contributed by atoms with van der Waals surface area (Å²) in [5.74, 6) is -2.63. The van der Waals surface area contributed by atoms with Gasteiger partial charge in [0, 0.05) is 19.3 Å². The third-order valence-corrected chi connectivity index (χ3v) is 6.66. The zero-order chi connectivity index (χ0) is 28.3.